The quantitative estimate of drug-likeness (QED) is 0.789. The third kappa shape index (κ3) is 3.17. The highest BCUT2D eigenvalue weighted by molar-refractivity contribution is 7.09. The van der Waals surface area contributed by atoms with Gasteiger partial charge in [0.15, 0.2) is 0 Å². The zero-order valence-electron chi connectivity index (χ0n) is 9.98. The number of ether oxygens (including phenoxy) is 1. The predicted octanol–water partition coefficient (Wildman–Crippen LogP) is 3.60. The molecule has 1 aromatic heterocycles. The number of rotatable bonds is 4. The molecule has 0 aliphatic heterocycles. The number of halogens is 1. The highest BCUT2D eigenvalue weighted by Gasteiger charge is 2.12. The highest BCUT2D eigenvalue weighted by atomic mass is 32.1. The summed E-state index contributed by atoms with van der Waals surface area (Å²) in [6.45, 7) is 2.04. The van der Waals surface area contributed by atoms with E-state index in [-0.39, 0.29) is 12.2 Å². The standard InChI is InChI=1S/C14H13FO2S/c1-10-4-5-12(13(15)9-10)14(16)17-7-6-11-3-2-8-18-11/h2-5,8-9H,6-7H2,1H3. The van der Waals surface area contributed by atoms with E-state index in [4.69, 9.17) is 4.74 Å². The summed E-state index contributed by atoms with van der Waals surface area (Å²) in [5.41, 5.74) is 0.773. The average molecular weight is 264 g/mol. The fourth-order valence-corrected chi connectivity index (χ4v) is 2.25. The molecule has 0 atom stereocenters. The van der Waals surface area contributed by atoms with E-state index < -0.39 is 11.8 Å². The molecule has 1 aromatic carbocycles. The number of hydrogen-bond donors (Lipinski definition) is 0. The van der Waals surface area contributed by atoms with Gasteiger partial charge in [-0.1, -0.05) is 12.1 Å². The van der Waals surface area contributed by atoms with Crippen LogP contribution in [0.1, 0.15) is 20.8 Å². The largest absolute Gasteiger partial charge is 0.462 e. The summed E-state index contributed by atoms with van der Waals surface area (Å²) in [7, 11) is 0. The first-order valence-electron chi connectivity index (χ1n) is 5.62. The lowest BCUT2D eigenvalue weighted by Crippen LogP contribution is -2.09. The second-order valence-corrected chi connectivity index (χ2v) is 4.98. The first-order chi connectivity index (χ1) is 8.66. The maximum atomic E-state index is 13.5. The number of hydrogen-bond acceptors (Lipinski definition) is 3. The zero-order chi connectivity index (χ0) is 13.0. The van der Waals surface area contributed by atoms with Crippen LogP contribution < -0.4 is 0 Å². The van der Waals surface area contributed by atoms with E-state index in [1.165, 1.54) is 12.1 Å². The van der Waals surface area contributed by atoms with Gasteiger partial charge in [0, 0.05) is 11.3 Å². The Morgan fingerprint density at radius 1 is 1.39 bits per heavy atom. The van der Waals surface area contributed by atoms with Crippen LogP contribution in [0.25, 0.3) is 0 Å². The third-order valence-electron chi connectivity index (χ3n) is 2.51. The number of benzene rings is 1. The smallest absolute Gasteiger partial charge is 0.341 e. The van der Waals surface area contributed by atoms with Gasteiger partial charge in [-0.25, -0.2) is 9.18 Å². The van der Waals surface area contributed by atoms with Crippen LogP contribution in [0.4, 0.5) is 4.39 Å². The molecule has 94 valence electrons. The Labute approximate surface area is 109 Å². The highest BCUT2D eigenvalue weighted by Crippen LogP contribution is 2.12. The Morgan fingerprint density at radius 2 is 2.22 bits per heavy atom. The van der Waals surface area contributed by atoms with Gasteiger partial charge in [-0.15, -0.1) is 11.3 Å². The van der Waals surface area contributed by atoms with Crippen LogP contribution in [0.15, 0.2) is 35.7 Å². The van der Waals surface area contributed by atoms with Gasteiger partial charge in [-0.3, -0.25) is 0 Å². The number of aryl methyl sites for hydroxylation is 1. The van der Waals surface area contributed by atoms with Crippen molar-refractivity contribution in [3.8, 4) is 0 Å². The minimum absolute atomic E-state index is 0.00761. The molecule has 0 amide bonds. The Kier molecular flexibility index (Phi) is 4.10. The van der Waals surface area contributed by atoms with Crippen LogP contribution in [0.2, 0.25) is 0 Å². The van der Waals surface area contributed by atoms with Gasteiger partial charge in [0.05, 0.1) is 12.2 Å². The lowest BCUT2D eigenvalue weighted by molar-refractivity contribution is 0.0504. The summed E-state index contributed by atoms with van der Waals surface area (Å²) < 4.78 is 18.6. The van der Waals surface area contributed by atoms with Crippen molar-refractivity contribution in [1.82, 2.24) is 0 Å². The summed E-state index contributed by atoms with van der Waals surface area (Å²) >= 11 is 1.61. The van der Waals surface area contributed by atoms with Crippen molar-refractivity contribution >= 4 is 17.3 Å². The van der Waals surface area contributed by atoms with E-state index >= 15 is 0 Å². The van der Waals surface area contributed by atoms with Gasteiger partial charge < -0.3 is 4.74 Å². The molecule has 4 heteroatoms. The zero-order valence-corrected chi connectivity index (χ0v) is 10.8. The van der Waals surface area contributed by atoms with E-state index in [2.05, 4.69) is 0 Å². The molecule has 0 unspecified atom stereocenters. The molecule has 2 rings (SSSR count). The first-order valence-corrected chi connectivity index (χ1v) is 6.50. The van der Waals surface area contributed by atoms with Crippen LogP contribution in [-0.2, 0) is 11.2 Å². The Hall–Kier alpha value is -1.68. The first kappa shape index (κ1) is 12.8. The number of carbonyl (C=O) groups is 1. The molecule has 2 aromatic rings. The molecule has 0 radical (unpaired) electrons. The van der Waals surface area contributed by atoms with E-state index in [1.54, 1.807) is 24.3 Å². The van der Waals surface area contributed by atoms with Crippen molar-refractivity contribution < 1.29 is 13.9 Å². The molecule has 0 N–H and O–H groups in total. The van der Waals surface area contributed by atoms with Crippen LogP contribution in [0.3, 0.4) is 0 Å². The summed E-state index contributed by atoms with van der Waals surface area (Å²) in [6, 6.07) is 8.40. The molecule has 2 nitrogen and oxygen atoms in total. The van der Waals surface area contributed by atoms with Gasteiger partial charge >= 0.3 is 5.97 Å². The van der Waals surface area contributed by atoms with Crippen molar-refractivity contribution in [2.24, 2.45) is 0 Å². The number of thiophene rings is 1. The molecule has 0 bridgehead atoms. The Balaban J connectivity index is 1.91. The summed E-state index contributed by atoms with van der Waals surface area (Å²) in [5.74, 6) is -1.14. The van der Waals surface area contributed by atoms with E-state index in [0.29, 0.717) is 6.42 Å². The van der Waals surface area contributed by atoms with E-state index in [0.717, 1.165) is 10.4 Å². The van der Waals surface area contributed by atoms with Gasteiger partial charge in [0.2, 0.25) is 0 Å². The van der Waals surface area contributed by atoms with Crippen LogP contribution >= 0.6 is 11.3 Å². The van der Waals surface area contributed by atoms with Crippen molar-refractivity contribution in [3.05, 3.63) is 57.5 Å². The Morgan fingerprint density at radius 3 is 2.89 bits per heavy atom. The van der Waals surface area contributed by atoms with Gasteiger partial charge in [0.25, 0.3) is 0 Å². The molecular formula is C14H13FO2S. The van der Waals surface area contributed by atoms with E-state index in [1.807, 2.05) is 17.5 Å². The number of esters is 1. The fourth-order valence-electron chi connectivity index (χ4n) is 1.56. The van der Waals surface area contributed by atoms with Gasteiger partial charge in [0.1, 0.15) is 5.82 Å². The molecule has 0 saturated heterocycles. The fraction of sp³-hybridized carbons (Fsp3) is 0.214. The third-order valence-corrected chi connectivity index (χ3v) is 3.44. The maximum Gasteiger partial charge on any atom is 0.341 e. The molecule has 0 aliphatic carbocycles. The van der Waals surface area contributed by atoms with Crippen molar-refractivity contribution in [1.29, 1.82) is 0 Å². The van der Waals surface area contributed by atoms with E-state index in [9.17, 15) is 9.18 Å². The maximum absolute atomic E-state index is 13.5. The molecular weight excluding hydrogens is 251 g/mol. The minimum atomic E-state index is -0.607. The summed E-state index contributed by atoms with van der Waals surface area (Å²) in [6.07, 6.45) is 0.664. The second kappa shape index (κ2) is 5.78. The van der Waals surface area contributed by atoms with Gasteiger partial charge in [-0.05, 0) is 36.1 Å². The predicted molar refractivity (Wildman–Crippen MR) is 69.4 cm³/mol. The minimum Gasteiger partial charge on any atom is -0.462 e. The summed E-state index contributed by atoms with van der Waals surface area (Å²) in [4.78, 5) is 12.8. The van der Waals surface area contributed by atoms with Crippen LogP contribution in [-0.4, -0.2) is 12.6 Å². The second-order valence-electron chi connectivity index (χ2n) is 3.95. The number of carbonyl (C=O) groups excluding carboxylic acids is 1. The lowest BCUT2D eigenvalue weighted by atomic mass is 10.1. The summed E-state index contributed by atoms with van der Waals surface area (Å²) in [5, 5.41) is 1.97. The van der Waals surface area contributed by atoms with Crippen LogP contribution in [0, 0.1) is 12.7 Å². The molecule has 0 spiro atoms. The average Bonchev–Trinajstić information content (AvgIpc) is 2.81. The molecule has 18 heavy (non-hydrogen) atoms. The van der Waals surface area contributed by atoms with Crippen molar-refractivity contribution in [2.75, 3.05) is 6.61 Å². The lowest BCUT2D eigenvalue weighted by Gasteiger charge is -2.05. The van der Waals surface area contributed by atoms with Gasteiger partial charge in [-0.2, -0.15) is 0 Å². The molecule has 0 saturated carbocycles. The topological polar surface area (TPSA) is 26.3 Å². The monoisotopic (exact) mass is 264 g/mol. The Bertz CT molecular complexity index is 535. The molecule has 1 heterocycles. The van der Waals surface area contributed by atoms with Crippen molar-refractivity contribution in [3.63, 3.8) is 0 Å². The molecule has 0 fully saturated rings. The molecule has 0 aliphatic rings. The normalized spacial score (nSPS) is 10.3. The SMILES string of the molecule is Cc1ccc(C(=O)OCCc2cccs2)c(F)c1. The van der Waals surface area contributed by atoms with Crippen LogP contribution in [0.5, 0.6) is 0 Å². The van der Waals surface area contributed by atoms with Crippen molar-refractivity contribution in [2.45, 2.75) is 13.3 Å².